The summed E-state index contributed by atoms with van der Waals surface area (Å²) in [5.41, 5.74) is 5.49. The number of likely N-dealkylation sites (tertiary alicyclic amines) is 1. The molecule has 2 aliphatic rings. The van der Waals surface area contributed by atoms with Crippen molar-refractivity contribution >= 4 is 29.3 Å². The molecule has 2 aromatic heterocycles. The maximum absolute atomic E-state index is 12.7. The fourth-order valence-corrected chi connectivity index (χ4v) is 5.58. The fraction of sp³-hybridized carbons (Fsp3) is 0.414. The van der Waals surface area contributed by atoms with Crippen molar-refractivity contribution in [2.75, 3.05) is 13.1 Å². The molecule has 1 saturated heterocycles. The first-order valence-electron chi connectivity index (χ1n) is 12.7. The highest BCUT2D eigenvalue weighted by Gasteiger charge is 2.36. The lowest BCUT2D eigenvalue weighted by molar-refractivity contribution is 0.0178. The van der Waals surface area contributed by atoms with Crippen molar-refractivity contribution in [1.82, 2.24) is 19.4 Å². The number of piperidine rings is 1. The Balaban J connectivity index is 1.46. The van der Waals surface area contributed by atoms with E-state index in [0.717, 1.165) is 42.1 Å². The summed E-state index contributed by atoms with van der Waals surface area (Å²) in [7, 11) is 0. The molecule has 1 aliphatic carbocycles. The van der Waals surface area contributed by atoms with Crippen LogP contribution in [-0.2, 0) is 11.3 Å². The second-order valence-corrected chi connectivity index (χ2v) is 11.1. The molecule has 3 aromatic rings. The third-order valence-electron chi connectivity index (χ3n) is 7.05. The molecule has 188 valence electrons. The number of carbonyl (C=O) groups excluding carboxylic acids is 1. The average molecular weight is 505 g/mol. The number of aryl methyl sites for hydroxylation is 1. The number of halogens is 1. The standard InChI is InChI=1S/C29H33ClN4O2/c1-29(2,3)36-28(35)34-14-9-20(10-15-34)26-24-7-6-23(30)18-22(24)17-21(8-13-33-16-12-31-19-33)25-5-4-11-32-27(25)26/h4-7,11-12,16-20,26H,8-10,13-15H2,1-3H3. The molecule has 36 heavy (non-hydrogen) atoms. The molecular formula is C29H33ClN4O2. The summed E-state index contributed by atoms with van der Waals surface area (Å²) in [4.78, 5) is 23.6. The number of ether oxygens (including phenoxy) is 1. The Labute approximate surface area is 218 Å². The van der Waals surface area contributed by atoms with Gasteiger partial charge in [0.15, 0.2) is 0 Å². The zero-order chi connectivity index (χ0) is 25.3. The van der Waals surface area contributed by atoms with E-state index in [-0.39, 0.29) is 12.0 Å². The van der Waals surface area contributed by atoms with E-state index in [2.05, 4.69) is 33.8 Å². The van der Waals surface area contributed by atoms with Crippen LogP contribution >= 0.6 is 11.6 Å². The van der Waals surface area contributed by atoms with Gasteiger partial charge in [0.25, 0.3) is 0 Å². The molecular weight excluding hydrogens is 472 g/mol. The zero-order valence-electron chi connectivity index (χ0n) is 21.2. The van der Waals surface area contributed by atoms with Gasteiger partial charge in [0, 0.05) is 49.2 Å². The second kappa shape index (κ2) is 10.1. The van der Waals surface area contributed by atoms with Crippen molar-refractivity contribution in [3.05, 3.63) is 82.7 Å². The van der Waals surface area contributed by atoms with E-state index in [0.29, 0.717) is 19.0 Å². The molecule has 1 aliphatic heterocycles. The summed E-state index contributed by atoms with van der Waals surface area (Å²) in [6.45, 7) is 7.93. The smallest absolute Gasteiger partial charge is 0.410 e. The number of aromatic nitrogens is 3. The molecule has 0 saturated carbocycles. The van der Waals surface area contributed by atoms with Crippen molar-refractivity contribution in [3.8, 4) is 0 Å². The third-order valence-corrected chi connectivity index (χ3v) is 7.29. The van der Waals surface area contributed by atoms with Gasteiger partial charge in [0.1, 0.15) is 5.60 Å². The monoisotopic (exact) mass is 504 g/mol. The van der Waals surface area contributed by atoms with Crippen LogP contribution in [0.2, 0.25) is 5.02 Å². The van der Waals surface area contributed by atoms with E-state index < -0.39 is 5.60 Å². The third kappa shape index (κ3) is 5.34. The van der Waals surface area contributed by atoms with Gasteiger partial charge in [-0.2, -0.15) is 0 Å². The van der Waals surface area contributed by atoms with Crippen LogP contribution in [0, 0.1) is 5.92 Å². The maximum atomic E-state index is 12.7. The van der Waals surface area contributed by atoms with Gasteiger partial charge in [0.05, 0.1) is 12.0 Å². The minimum absolute atomic E-state index is 0.135. The number of imidazole rings is 1. The highest BCUT2D eigenvalue weighted by Crippen LogP contribution is 2.45. The predicted octanol–water partition coefficient (Wildman–Crippen LogP) is 6.65. The van der Waals surface area contributed by atoms with Gasteiger partial charge in [-0.1, -0.05) is 29.8 Å². The average Bonchev–Trinajstić information content (AvgIpc) is 3.32. The normalized spacial score (nSPS) is 18.2. The summed E-state index contributed by atoms with van der Waals surface area (Å²) in [5, 5.41) is 0.733. The van der Waals surface area contributed by atoms with Gasteiger partial charge < -0.3 is 14.2 Å². The number of benzene rings is 1. The molecule has 1 fully saturated rings. The lowest BCUT2D eigenvalue weighted by Gasteiger charge is -2.37. The van der Waals surface area contributed by atoms with Crippen molar-refractivity contribution in [1.29, 1.82) is 0 Å². The molecule has 0 spiro atoms. The number of rotatable bonds is 4. The summed E-state index contributed by atoms with van der Waals surface area (Å²) >= 11 is 6.47. The summed E-state index contributed by atoms with van der Waals surface area (Å²) < 4.78 is 7.72. The zero-order valence-corrected chi connectivity index (χ0v) is 21.9. The van der Waals surface area contributed by atoms with Crippen LogP contribution in [0.3, 0.4) is 0 Å². The highest BCUT2D eigenvalue weighted by molar-refractivity contribution is 6.30. The van der Waals surface area contributed by atoms with Crippen molar-refractivity contribution in [2.24, 2.45) is 5.92 Å². The molecule has 1 unspecified atom stereocenters. The Morgan fingerprint density at radius 2 is 1.97 bits per heavy atom. The van der Waals surface area contributed by atoms with Gasteiger partial charge in [-0.15, -0.1) is 0 Å². The van der Waals surface area contributed by atoms with Crippen LogP contribution in [0.15, 0.2) is 55.2 Å². The number of nitrogens with zero attached hydrogens (tertiary/aromatic N) is 4. The number of fused-ring (bicyclic) bond motifs is 2. The maximum Gasteiger partial charge on any atom is 0.410 e. The number of carbonyl (C=O) groups is 1. The predicted molar refractivity (Wildman–Crippen MR) is 143 cm³/mol. The van der Waals surface area contributed by atoms with E-state index in [4.69, 9.17) is 21.3 Å². The lowest BCUT2D eigenvalue weighted by atomic mass is 9.76. The van der Waals surface area contributed by atoms with Gasteiger partial charge >= 0.3 is 6.09 Å². The topological polar surface area (TPSA) is 60.2 Å². The van der Waals surface area contributed by atoms with Crippen LogP contribution in [0.25, 0.3) is 11.6 Å². The number of amides is 1. The lowest BCUT2D eigenvalue weighted by Crippen LogP contribution is -2.42. The fourth-order valence-electron chi connectivity index (χ4n) is 5.40. The Hall–Kier alpha value is -3.12. The number of hydrogen-bond acceptors (Lipinski definition) is 4. The Bertz CT molecular complexity index is 1250. The van der Waals surface area contributed by atoms with Crippen molar-refractivity contribution < 1.29 is 9.53 Å². The number of hydrogen-bond donors (Lipinski definition) is 0. The molecule has 0 N–H and O–H groups in total. The molecule has 1 aromatic carbocycles. The largest absolute Gasteiger partial charge is 0.444 e. The SMILES string of the molecule is CC(C)(C)OC(=O)N1CCC(C2c3ccc(Cl)cc3C=C(CCn3ccnc3)c3cccnc32)CC1. The summed E-state index contributed by atoms with van der Waals surface area (Å²) in [6.07, 6.45) is 12.3. The van der Waals surface area contributed by atoms with Crippen molar-refractivity contribution in [3.63, 3.8) is 0 Å². The van der Waals surface area contributed by atoms with E-state index in [1.165, 1.54) is 16.7 Å². The first-order valence-corrected chi connectivity index (χ1v) is 13.1. The molecule has 3 heterocycles. The molecule has 0 bridgehead atoms. The molecule has 0 radical (unpaired) electrons. The Morgan fingerprint density at radius 1 is 1.17 bits per heavy atom. The quantitative estimate of drug-likeness (QED) is 0.399. The number of allylic oxidation sites excluding steroid dienone is 1. The van der Waals surface area contributed by atoms with E-state index >= 15 is 0 Å². The van der Waals surface area contributed by atoms with Gasteiger partial charge in [-0.3, -0.25) is 4.98 Å². The Kier molecular flexibility index (Phi) is 6.89. The first-order chi connectivity index (χ1) is 17.3. The Morgan fingerprint density at radius 3 is 2.69 bits per heavy atom. The van der Waals surface area contributed by atoms with E-state index in [1.54, 1.807) is 0 Å². The van der Waals surface area contributed by atoms with Crippen LogP contribution in [0.1, 0.15) is 68.3 Å². The first kappa shape index (κ1) is 24.6. The number of pyridine rings is 1. The summed E-state index contributed by atoms with van der Waals surface area (Å²) in [5.74, 6) is 0.495. The van der Waals surface area contributed by atoms with Gasteiger partial charge in [-0.05, 0) is 86.4 Å². The molecule has 5 rings (SSSR count). The minimum atomic E-state index is -0.491. The summed E-state index contributed by atoms with van der Waals surface area (Å²) in [6, 6.07) is 10.4. The second-order valence-electron chi connectivity index (χ2n) is 10.7. The van der Waals surface area contributed by atoms with E-state index in [9.17, 15) is 4.79 Å². The van der Waals surface area contributed by atoms with Gasteiger partial charge in [-0.25, -0.2) is 9.78 Å². The highest BCUT2D eigenvalue weighted by atomic mass is 35.5. The van der Waals surface area contributed by atoms with Crippen LogP contribution in [0.5, 0.6) is 0 Å². The van der Waals surface area contributed by atoms with Crippen LogP contribution in [0.4, 0.5) is 4.79 Å². The van der Waals surface area contributed by atoms with Crippen LogP contribution < -0.4 is 0 Å². The molecule has 6 nitrogen and oxygen atoms in total. The van der Waals surface area contributed by atoms with E-state index in [1.807, 2.05) is 62.7 Å². The van der Waals surface area contributed by atoms with Gasteiger partial charge in [0.2, 0.25) is 0 Å². The molecule has 7 heteroatoms. The minimum Gasteiger partial charge on any atom is -0.444 e. The van der Waals surface area contributed by atoms with Crippen LogP contribution in [-0.4, -0.2) is 44.2 Å². The molecule has 1 atom stereocenters. The van der Waals surface area contributed by atoms with Crippen molar-refractivity contribution in [2.45, 2.75) is 58.1 Å². The molecule has 1 amide bonds.